The topological polar surface area (TPSA) is 85.4 Å². The molecule has 1 heterocycles. The molecule has 0 fully saturated rings. The number of sulfone groups is 1. The summed E-state index contributed by atoms with van der Waals surface area (Å²) in [7, 11) is -1.93. The smallest absolute Gasteiger partial charge is 0.226 e. The summed E-state index contributed by atoms with van der Waals surface area (Å²) in [6, 6.07) is 24.8. The van der Waals surface area contributed by atoms with Gasteiger partial charge in [0.2, 0.25) is 5.91 Å². The third-order valence-corrected chi connectivity index (χ3v) is 8.06. The molecule has 3 aromatic carbocycles. The van der Waals surface area contributed by atoms with Gasteiger partial charge < -0.3 is 10.1 Å². The molecule has 0 aliphatic heterocycles. The molecule has 0 spiro atoms. The van der Waals surface area contributed by atoms with E-state index < -0.39 is 9.84 Å². The summed E-state index contributed by atoms with van der Waals surface area (Å²) in [4.78, 5) is 17.1. The van der Waals surface area contributed by atoms with Crippen LogP contribution in [-0.4, -0.2) is 32.2 Å². The Morgan fingerprint density at radius 3 is 2.31 bits per heavy atom. The molecule has 0 unspecified atom stereocenters. The molecule has 0 saturated carbocycles. The second-order valence-electron chi connectivity index (χ2n) is 8.04. The van der Waals surface area contributed by atoms with Crippen molar-refractivity contribution in [1.29, 1.82) is 0 Å². The van der Waals surface area contributed by atoms with Crippen molar-refractivity contribution in [2.24, 2.45) is 0 Å². The lowest BCUT2D eigenvalue weighted by atomic mass is 10.0. The maximum absolute atomic E-state index is 12.5. The lowest BCUT2D eigenvalue weighted by Gasteiger charge is -2.06. The van der Waals surface area contributed by atoms with E-state index in [4.69, 9.17) is 4.74 Å². The molecule has 1 aromatic heterocycles. The van der Waals surface area contributed by atoms with Crippen LogP contribution >= 0.6 is 11.3 Å². The van der Waals surface area contributed by atoms with E-state index in [0.717, 1.165) is 17.7 Å². The van der Waals surface area contributed by atoms with Crippen molar-refractivity contribution in [3.63, 3.8) is 0 Å². The molecule has 4 rings (SSSR count). The van der Waals surface area contributed by atoms with Crippen LogP contribution in [0.15, 0.2) is 89.1 Å². The molecule has 180 valence electrons. The van der Waals surface area contributed by atoms with Gasteiger partial charge in [0.25, 0.3) is 0 Å². The summed E-state index contributed by atoms with van der Waals surface area (Å²) in [6.45, 7) is 0. The predicted octanol–water partition coefficient (Wildman–Crippen LogP) is 5.60. The van der Waals surface area contributed by atoms with Crippen LogP contribution in [0.2, 0.25) is 0 Å². The summed E-state index contributed by atoms with van der Waals surface area (Å²) < 4.78 is 30.0. The number of nitrogens with zero attached hydrogens (tertiary/aromatic N) is 1. The van der Waals surface area contributed by atoms with Gasteiger partial charge in [-0.05, 0) is 48.2 Å². The highest BCUT2D eigenvalue weighted by molar-refractivity contribution is 7.91. The lowest BCUT2D eigenvalue weighted by Crippen LogP contribution is -2.14. The first-order valence-electron chi connectivity index (χ1n) is 11.2. The first-order chi connectivity index (χ1) is 16.9. The quantitative estimate of drug-likeness (QED) is 0.303. The third-order valence-electron chi connectivity index (χ3n) is 5.49. The van der Waals surface area contributed by atoms with Crippen molar-refractivity contribution in [3.8, 4) is 17.0 Å². The van der Waals surface area contributed by atoms with Gasteiger partial charge in [-0.1, -0.05) is 54.6 Å². The summed E-state index contributed by atoms with van der Waals surface area (Å²) in [5, 5.41) is 5.17. The first-order valence-corrected chi connectivity index (χ1v) is 13.7. The fraction of sp³-hybridized carbons (Fsp3) is 0.185. The van der Waals surface area contributed by atoms with E-state index in [2.05, 4.69) is 34.6 Å². The van der Waals surface area contributed by atoms with Crippen LogP contribution in [0.1, 0.15) is 24.0 Å². The van der Waals surface area contributed by atoms with Crippen LogP contribution in [-0.2, 0) is 21.1 Å². The normalized spacial score (nSPS) is 11.2. The van der Waals surface area contributed by atoms with E-state index in [1.807, 2.05) is 35.7 Å². The van der Waals surface area contributed by atoms with Crippen molar-refractivity contribution < 1.29 is 17.9 Å². The van der Waals surface area contributed by atoms with Crippen LogP contribution in [0.4, 0.5) is 5.13 Å². The summed E-state index contributed by atoms with van der Waals surface area (Å²) in [6.07, 6.45) is 1.19. The van der Waals surface area contributed by atoms with Crippen LogP contribution in [0.3, 0.4) is 0 Å². The maximum Gasteiger partial charge on any atom is 0.226 e. The number of ether oxygens (including phenoxy) is 1. The van der Waals surface area contributed by atoms with Gasteiger partial charge in [0.1, 0.15) is 5.75 Å². The van der Waals surface area contributed by atoms with Crippen molar-refractivity contribution in [2.75, 3.05) is 18.2 Å². The molecule has 0 saturated heterocycles. The molecule has 1 N–H and O–H groups in total. The standard InChI is InChI=1S/C27H26N2O4S2/c1-33-23-13-15-24(16-14-23)35(31,32)17-5-8-26(30)29-27-28-25(19-34-27)22-11-9-21(10-12-22)18-20-6-3-2-4-7-20/h2-4,6-7,9-16,19H,5,8,17-18H2,1H3,(H,28,29,30). The number of thiazole rings is 1. The molecule has 0 atom stereocenters. The summed E-state index contributed by atoms with van der Waals surface area (Å²) >= 11 is 1.35. The van der Waals surface area contributed by atoms with Crippen LogP contribution in [0.5, 0.6) is 5.75 Å². The number of aromatic nitrogens is 1. The van der Waals surface area contributed by atoms with Gasteiger partial charge in [0.15, 0.2) is 15.0 Å². The molecule has 0 bridgehead atoms. The molecule has 0 aliphatic carbocycles. The zero-order chi connectivity index (χ0) is 24.7. The number of rotatable bonds is 10. The number of methoxy groups -OCH3 is 1. The minimum Gasteiger partial charge on any atom is -0.497 e. The Bertz CT molecular complexity index is 1360. The second kappa shape index (κ2) is 11.3. The average molecular weight is 507 g/mol. The zero-order valence-electron chi connectivity index (χ0n) is 19.3. The maximum atomic E-state index is 12.5. The number of carbonyl (C=O) groups excluding carboxylic acids is 1. The van der Waals surface area contributed by atoms with E-state index in [9.17, 15) is 13.2 Å². The van der Waals surface area contributed by atoms with Gasteiger partial charge in [-0.2, -0.15) is 0 Å². The number of anilines is 1. The highest BCUT2D eigenvalue weighted by Gasteiger charge is 2.16. The Labute approximate surface area is 209 Å². The molecular weight excluding hydrogens is 480 g/mol. The van der Waals surface area contributed by atoms with E-state index >= 15 is 0 Å². The van der Waals surface area contributed by atoms with Gasteiger partial charge in [-0.25, -0.2) is 13.4 Å². The van der Waals surface area contributed by atoms with Crippen LogP contribution in [0.25, 0.3) is 11.3 Å². The third kappa shape index (κ3) is 6.77. The molecular formula is C27H26N2O4S2. The lowest BCUT2D eigenvalue weighted by molar-refractivity contribution is -0.116. The second-order valence-corrected chi connectivity index (χ2v) is 11.0. The number of amides is 1. The van der Waals surface area contributed by atoms with Crippen molar-refractivity contribution in [3.05, 3.63) is 95.4 Å². The van der Waals surface area contributed by atoms with Crippen LogP contribution < -0.4 is 10.1 Å². The number of nitrogens with one attached hydrogen (secondary N) is 1. The van der Waals surface area contributed by atoms with Crippen LogP contribution in [0, 0.1) is 0 Å². The van der Waals surface area contributed by atoms with Gasteiger partial charge in [0.05, 0.1) is 23.5 Å². The van der Waals surface area contributed by atoms with Gasteiger partial charge in [0, 0.05) is 17.4 Å². The van der Waals surface area contributed by atoms with Crippen molar-refractivity contribution in [2.45, 2.75) is 24.2 Å². The Hall–Kier alpha value is -3.49. The number of hydrogen-bond donors (Lipinski definition) is 1. The van der Waals surface area contributed by atoms with E-state index in [-0.39, 0.29) is 29.4 Å². The van der Waals surface area contributed by atoms with Gasteiger partial charge in [-0.3, -0.25) is 4.79 Å². The van der Waals surface area contributed by atoms with Crippen molar-refractivity contribution >= 4 is 32.2 Å². The number of benzene rings is 3. The highest BCUT2D eigenvalue weighted by atomic mass is 32.2. The Kier molecular flexibility index (Phi) is 7.94. The molecule has 4 aromatic rings. The Morgan fingerprint density at radius 1 is 0.943 bits per heavy atom. The highest BCUT2D eigenvalue weighted by Crippen LogP contribution is 2.26. The molecule has 8 heteroatoms. The molecule has 1 amide bonds. The van der Waals surface area contributed by atoms with E-state index in [1.165, 1.54) is 41.7 Å². The van der Waals surface area contributed by atoms with Gasteiger partial charge in [-0.15, -0.1) is 11.3 Å². The molecule has 35 heavy (non-hydrogen) atoms. The predicted molar refractivity (Wildman–Crippen MR) is 140 cm³/mol. The average Bonchev–Trinajstić information content (AvgIpc) is 3.33. The van der Waals surface area contributed by atoms with E-state index in [1.54, 1.807) is 12.1 Å². The summed E-state index contributed by atoms with van der Waals surface area (Å²) in [5.74, 6) is 0.230. The largest absolute Gasteiger partial charge is 0.497 e. The minimum absolute atomic E-state index is 0.0957. The zero-order valence-corrected chi connectivity index (χ0v) is 20.9. The molecule has 0 aliphatic rings. The number of hydrogen-bond acceptors (Lipinski definition) is 6. The van der Waals surface area contributed by atoms with E-state index in [0.29, 0.717) is 10.9 Å². The minimum atomic E-state index is -3.46. The Balaban J connectivity index is 1.28. The SMILES string of the molecule is COc1ccc(S(=O)(=O)CCCC(=O)Nc2nc(-c3ccc(Cc4ccccc4)cc3)cs2)cc1. The Morgan fingerprint density at radius 2 is 1.63 bits per heavy atom. The number of carbonyl (C=O) groups is 1. The van der Waals surface area contributed by atoms with Crippen molar-refractivity contribution in [1.82, 2.24) is 4.98 Å². The fourth-order valence-electron chi connectivity index (χ4n) is 3.59. The first kappa shape index (κ1) is 24.6. The molecule has 0 radical (unpaired) electrons. The van der Waals surface area contributed by atoms with Gasteiger partial charge >= 0.3 is 0 Å². The summed E-state index contributed by atoms with van der Waals surface area (Å²) in [5.41, 5.74) is 4.24. The monoisotopic (exact) mass is 506 g/mol. The molecule has 6 nitrogen and oxygen atoms in total. The fourth-order valence-corrected chi connectivity index (χ4v) is 5.64.